The van der Waals surface area contributed by atoms with Gasteiger partial charge in [-0.3, -0.25) is 4.79 Å². The largest absolute Gasteiger partial charge is 0.444 e. The van der Waals surface area contributed by atoms with Gasteiger partial charge in [-0.15, -0.1) is 0 Å². The van der Waals surface area contributed by atoms with Crippen LogP contribution in [-0.2, 0) is 4.74 Å². The van der Waals surface area contributed by atoms with Gasteiger partial charge in [-0.25, -0.2) is 9.48 Å². The van der Waals surface area contributed by atoms with Crippen molar-refractivity contribution < 1.29 is 14.3 Å². The molecule has 1 aromatic carbocycles. The van der Waals surface area contributed by atoms with Crippen molar-refractivity contribution in [3.05, 3.63) is 47.8 Å². The third-order valence-corrected chi connectivity index (χ3v) is 5.59. The number of likely N-dealkylation sites (tertiary alicyclic amines) is 1. The summed E-state index contributed by atoms with van der Waals surface area (Å²) < 4.78 is 7.41. The van der Waals surface area contributed by atoms with Crippen LogP contribution >= 0.6 is 0 Å². The van der Waals surface area contributed by atoms with Gasteiger partial charge in [0.1, 0.15) is 5.60 Å². The van der Waals surface area contributed by atoms with Gasteiger partial charge in [0.25, 0.3) is 5.91 Å². The molecule has 1 fully saturated rings. The van der Waals surface area contributed by atoms with E-state index in [9.17, 15) is 9.59 Å². The van der Waals surface area contributed by atoms with Gasteiger partial charge in [-0.1, -0.05) is 32.0 Å². The smallest absolute Gasteiger partial charge is 0.410 e. The molecule has 1 saturated heterocycles. The average molecular weight is 441 g/mol. The van der Waals surface area contributed by atoms with Crippen LogP contribution in [0, 0.1) is 5.92 Å². The van der Waals surface area contributed by atoms with Crippen molar-refractivity contribution >= 4 is 12.0 Å². The summed E-state index contributed by atoms with van der Waals surface area (Å²) in [6.45, 7) is 11.7. The molecule has 0 aliphatic carbocycles. The molecule has 2 amide bonds. The highest BCUT2D eigenvalue weighted by Crippen LogP contribution is 2.32. The Bertz CT molecular complexity index is 907. The molecule has 1 N–H and O–H groups in total. The summed E-state index contributed by atoms with van der Waals surface area (Å²) in [5.74, 6) is 0.568. The second-order valence-electron chi connectivity index (χ2n) is 9.87. The number of hydrogen-bond donors (Lipinski definition) is 1. The first-order valence-corrected chi connectivity index (χ1v) is 11.5. The number of rotatable bonds is 6. The highest BCUT2D eigenvalue weighted by atomic mass is 16.6. The van der Waals surface area contributed by atoms with Crippen LogP contribution in [0.15, 0.2) is 36.5 Å². The number of carbonyl (C=O) groups is 2. The number of aromatic nitrogens is 2. The van der Waals surface area contributed by atoms with Gasteiger partial charge < -0.3 is 15.0 Å². The minimum atomic E-state index is -0.513. The molecule has 7 heteroatoms. The molecule has 0 atom stereocenters. The molecule has 174 valence electrons. The van der Waals surface area contributed by atoms with E-state index >= 15 is 0 Å². The predicted octanol–water partition coefficient (Wildman–Crippen LogP) is 4.76. The molecule has 1 aliphatic rings. The van der Waals surface area contributed by atoms with Crippen molar-refractivity contribution in [3.8, 4) is 5.69 Å². The highest BCUT2D eigenvalue weighted by Gasteiger charge is 2.32. The zero-order chi connectivity index (χ0) is 23.3. The Balaban J connectivity index is 1.80. The highest BCUT2D eigenvalue weighted by molar-refractivity contribution is 5.95. The maximum atomic E-state index is 13.0. The SMILES string of the molecule is CC(C)CCNC(=O)c1cnn(-c2ccccc2)c1C1CCN(C(=O)OC(C)(C)C)CC1. The fourth-order valence-corrected chi connectivity index (χ4v) is 3.93. The van der Waals surface area contributed by atoms with Crippen molar-refractivity contribution in [1.29, 1.82) is 0 Å². The lowest BCUT2D eigenvalue weighted by atomic mass is 9.91. The van der Waals surface area contributed by atoms with Crippen LogP contribution in [0.3, 0.4) is 0 Å². The van der Waals surface area contributed by atoms with Crippen LogP contribution in [0.1, 0.15) is 75.9 Å². The van der Waals surface area contributed by atoms with Gasteiger partial charge in [0.15, 0.2) is 0 Å². The summed E-state index contributed by atoms with van der Waals surface area (Å²) >= 11 is 0. The Kier molecular flexibility index (Phi) is 7.59. The molecule has 2 heterocycles. The summed E-state index contributed by atoms with van der Waals surface area (Å²) in [6, 6.07) is 9.88. The fourth-order valence-electron chi connectivity index (χ4n) is 3.93. The quantitative estimate of drug-likeness (QED) is 0.702. The van der Waals surface area contributed by atoms with E-state index in [1.165, 1.54) is 0 Å². The topological polar surface area (TPSA) is 76.5 Å². The van der Waals surface area contributed by atoms with Crippen LogP contribution in [0.2, 0.25) is 0 Å². The number of para-hydroxylation sites is 1. The van der Waals surface area contributed by atoms with Gasteiger partial charge in [0, 0.05) is 25.6 Å². The maximum Gasteiger partial charge on any atom is 0.410 e. The van der Waals surface area contributed by atoms with Crippen molar-refractivity contribution in [2.24, 2.45) is 5.92 Å². The first kappa shape index (κ1) is 23.8. The van der Waals surface area contributed by atoms with Gasteiger partial charge in [0.2, 0.25) is 0 Å². The lowest BCUT2D eigenvalue weighted by Crippen LogP contribution is -2.41. The van der Waals surface area contributed by atoms with Gasteiger partial charge in [-0.2, -0.15) is 5.10 Å². The monoisotopic (exact) mass is 440 g/mol. The van der Waals surface area contributed by atoms with Crippen molar-refractivity contribution in [2.75, 3.05) is 19.6 Å². The Labute approximate surface area is 191 Å². The Morgan fingerprint density at radius 2 is 1.81 bits per heavy atom. The molecule has 7 nitrogen and oxygen atoms in total. The normalized spacial score (nSPS) is 15.1. The minimum Gasteiger partial charge on any atom is -0.444 e. The van der Waals surface area contributed by atoms with E-state index in [-0.39, 0.29) is 17.9 Å². The van der Waals surface area contributed by atoms with Crippen molar-refractivity contribution in [3.63, 3.8) is 0 Å². The molecule has 0 bridgehead atoms. The number of nitrogens with zero attached hydrogens (tertiary/aromatic N) is 3. The molecular formula is C25H36N4O3. The second-order valence-corrected chi connectivity index (χ2v) is 9.87. The number of nitrogens with one attached hydrogen (secondary N) is 1. The summed E-state index contributed by atoms with van der Waals surface area (Å²) in [5, 5.41) is 7.63. The molecule has 1 aromatic heterocycles. The Morgan fingerprint density at radius 1 is 1.16 bits per heavy atom. The zero-order valence-electron chi connectivity index (χ0n) is 19.9. The van der Waals surface area contributed by atoms with Crippen molar-refractivity contribution in [1.82, 2.24) is 20.0 Å². The number of hydrogen-bond acceptors (Lipinski definition) is 4. The number of amides is 2. The Hall–Kier alpha value is -2.83. The number of carbonyl (C=O) groups excluding carboxylic acids is 2. The zero-order valence-corrected chi connectivity index (χ0v) is 19.9. The predicted molar refractivity (Wildman–Crippen MR) is 125 cm³/mol. The van der Waals surface area contributed by atoms with E-state index in [4.69, 9.17) is 4.74 Å². The average Bonchev–Trinajstić information content (AvgIpc) is 3.18. The van der Waals surface area contributed by atoms with Crippen LogP contribution in [0.5, 0.6) is 0 Å². The summed E-state index contributed by atoms with van der Waals surface area (Å²) in [7, 11) is 0. The third-order valence-electron chi connectivity index (χ3n) is 5.59. The van der Waals surface area contributed by atoms with Crippen molar-refractivity contribution in [2.45, 2.75) is 65.4 Å². The van der Waals surface area contributed by atoms with Crippen LogP contribution in [-0.4, -0.2) is 51.9 Å². The van der Waals surface area contributed by atoms with Crippen LogP contribution in [0.4, 0.5) is 4.79 Å². The van der Waals surface area contributed by atoms with E-state index in [0.29, 0.717) is 31.1 Å². The van der Waals surface area contributed by atoms with E-state index in [1.807, 2.05) is 55.8 Å². The van der Waals surface area contributed by atoms with Crippen LogP contribution < -0.4 is 5.32 Å². The molecule has 2 aromatic rings. The minimum absolute atomic E-state index is 0.0857. The van der Waals surface area contributed by atoms with Gasteiger partial charge >= 0.3 is 6.09 Å². The lowest BCUT2D eigenvalue weighted by molar-refractivity contribution is 0.0203. The third kappa shape index (κ3) is 6.11. The van der Waals surface area contributed by atoms with E-state index in [2.05, 4.69) is 24.3 Å². The lowest BCUT2D eigenvalue weighted by Gasteiger charge is -2.34. The first-order chi connectivity index (χ1) is 15.2. The van der Waals surface area contributed by atoms with E-state index in [0.717, 1.165) is 30.6 Å². The maximum absolute atomic E-state index is 13.0. The van der Waals surface area contributed by atoms with Crippen LogP contribution in [0.25, 0.3) is 5.69 Å². The number of ether oxygens (including phenoxy) is 1. The standard InChI is InChI=1S/C25H36N4O3/c1-18(2)11-14-26-23(30)21-17-27-29(20-9-7-6-8-10-20)22(21)19-12-15-28(16-13-19)24(31)32-25(3,4)5/h6-10,17-19H,11-16H2,1-5H3,(H,26,30). The molecule has 1 aliphatic heterocycles. The van der Waals surface area contributed by atoms with E-state index in [1.54, 1.807) is 11.1 Å². The van der Waals surface area contributed by atoms with Gasteiger partial charge in [-0.05, 0) is 58.1 Å². The van der Waals surface area contributed by atoms with Gasteiger partial charge in [0.05, 0.1) is 23.1 Å². The number of benzene rings is 1. The molecule has 0 saturated carbocycles. The second kappa shape index (κ2) is 10.2. The summed E-state index contributed by atoms with van der Waals surface area (Å²) in [6.07, 6.45) is 3.84. The molecular weight excluding hydrogens is 404 g/mol. The molecule has 0 spiro atoms. The molecule has 0 radical (unpaired) electrons. The first-order valence-electron chi connectivity index (χ1n) is 11.5. The van der Waals surface area contributed by atoms with E-state index < -0.39 is 5.60 Å². The summed E-state index contributed by atoms with van der Waals surface area (Å²) in [4.78, 5) is 27.2. The number of piperidine rings is 1. The molecule has 32 heavy (non-hydrogen) atoms. The Morgan fingerprint density at radius 3 is 2.41 bits per heavy atom. The fraction of sp³-hybridized carbons (Fsp3) is 0.560. The summed E-state index contributed by atoms with van der Waals surface area (Å²) in [5.41, 5.74) is 1.95. The molecule has 0 unspecified atom stereocenters. The molecule has 3 rings (SSSR count).